The molecule has 112 valence electrons. The van der Waals surface area contributed by atoms with Gasteiger partial charge in [0.15, 0.2) is 5.58 Å². The Morgan fingerprint density at radius 2 is 2.10 bits per heavy atom. The highest BCUT2D eigenvalue weighted by atomic mass is 16.5. The second-order valence-corrected chi connectivity index (χ2v) is 6.14. The Morgan fingerprint density at radius 3 is 2.90 bits per heavy atom. The number of amides is 1. The van der Waals surface area contributed by atoms with Crippen LogP contribution in [0.1, 0.15) is 38.3 Å². The molecule has 1 aromatic carbocycles. The van der Waals surface area contributed by atoms with Crippen molar-refractivity contribution in [3.05, 3.63) is 30.0 Å². The highest BCUT2D eigenvalue weighted by Gasteiger charge is 2.28. The number of aromatic nitrogens is 1. The van der Waals surface area contributed by atoms with E-state index in [2.05, 4.69) is 12.1 Å². The van der Waals surface area contributed by atoms with Crippen LogP contribution in [0, 0.1) is 5.92 Å². The van der Waals surface area contributed by atoms with E-state index >= 15 is 0 Å². The first-order chi connectivity index (χ1) is 10.2. The van der Waals surface area contributed by atoms with E-state index < -0.39 is 0 Å². The fourth-order valence-electron chi connectivity index (χ4n) is 3.39. The van der Waals surface area contributed by atoms with Crippen molar-refractivity contribution in [2.45, 2.75) is 45.1 Å². The average Bonchev–Trinajstić information content (AvgIpc) is 2.90. The van der Waals surface area contributed by atoms with E-state index in [4.69, 9.17) is 4.52 Å². The van der Waals surface area contributed by atoms with Gasteiger partial charge < -0.3 is 9.42 Å². The van der Waals surface area contributed by atoms with Crippen LogP contribution in [0.2, 0.25) is 0 Å². The van der Waals surface area contributed by atoms with Crippen LogP contribution >= 0.6 is 0 Å². The number of fused-ring (bicyclic) bond motifs is 1. The Bertz CT molecular complexity index is 635. The molecule has 0 saturated heterocycles. The Morgan fingerprint density at radius 1 is 1.33 bits per heavy atom. The molecule has 2 atom stereocenters. The molecule has 1 fully saturated rings. The summed E-state index contributed by atoms with van der Waals surface area (Å²) in [6.45, 7) is 2.25. The van der Waals surface area contributed by atoms with Crippen LogP contribution in [0.3, 0.4) is 0 Å². The summed E-state index contributed by atoms with van der Waals surface area (Å²) in [6, 6.07) is 8.06. The molecular formula is C17H22N2O2. The maximum Gasteiger partial charge on any atom is 0.228 e. The van der Waals surface area contributed by atoms with Gasteiger partial charge in [0.25, 0.3) is 0 Å². The van der Waals surface area contributed by atoms with Gasteiger partial charge in [-0.3, -0.25) is 4.79 Å². The largest absolute Gasteiger partial charge is 0.356 e. The van der Waals surface area contributed by atoms with Crippen LogP contribution in [-0.2, 0) is 11.2 Å². The lowest BCUT2D eigenvalue weighted by molar-refractivity contribution is -0.132. The van der Waals surface area contributed by atoms with Crippen LogP contribution in [0.25, 0.3) is 11.0 Å². The number of nitrogens with zero attached hydrogens (tertiary/aromatic N) is 2. The van der Waals surface area contributed by atoms with Gasteiger partial charge in [-0.2, -0.15) is 0 Å². The minimum Gasteiger partial charge on any atom is -0.356 e. The van der Waals surface area contributed by atoms with Crippen molar-refractivity contribution in [2.24, 2.45) is 5.92 Å². The molecule has 0 aliphatic heterocycles. The van der Waals surface area contributed by atoms with Gasteiger partial charge in [0.1, 0.15) is 5.69 Å². The second kappa shape index (κ2) is 5.88. The fourth-order valence-corrected chi connectivity index (χ4v) is 3.39. The van der Waals surface area contributed by atoms with E-state index in [0.717, 1.165) is 23.1 Å². The van der Waals surface area contributed by atoms with E-state index in [-0.39, 0.29) is 5.91 Å². The topological polar surface area (TPSA) is 46.3 Å². The molecule has 2 aromatic rings. The molecule has 0 spiro atoms. The lowest BCUT2D eigenvalue weighted by Crippen LogP contribution is -2.43. The highest BCUT2D eigenvalue weighted by Crippen LogP contribution is 2.28. The van der Waals surface area contributed by atoms with E-state index in [1.807, 2.05) is 36.2 Å². The van der Waals surface area contributed by atoms with Crippen molar-refractivity contribution in [3.8, 4) is 0 Å². The van der Waals surface area contributed by atoms with Gasteiger partial charge in [0.05, 0.1) is 6.42 Å². The normalized spacial score (nSPS) is 22.4. The molecule has 1 aromatic heterocycles. The van der Waals surface area contributed by atoms with Gasteiger partial charge in [-0.15, -0.1) is 0 Å². The maximum atomic E-state index is 12.5. The summed E-state index contributed by atoms with van der Waals surface area (Å²) in [5.41, 5.74) is 1.49. The molecule has 1 saturated carbocycles. The number of rotatable bonds is 3. The number of carbonyl (C=O) groups is 1. The van der Waals surface area contributed by atoms with E-state index in [1.165, 1.54) is 19.3 Å². The minimum atomic E-state index is 0.132. The highest BCUT2D eigenvalue weighted by molar-refractivity contribution is 5.86. The molecule has 4 heteroatoms. The van der Waals surface area contributed by atoms with Crippen molar-refractivity contribution < 1.29 is 9.32 Å². The first kappa shape index (κ1) is 14.1. The fraction of sp³-hybridized carbons (Fsp3) is 0.529. The van der Waals surface area contributed by atoms with Crippen molar-refractivity contribution in [1.82, 2.24) is 10.1 Å². The zero-order valence-corrected chi connectivity index (χ0v) is 12.7. The first-order valence-electron chi connectivity index (χ1n) is 7.76. The van der Waals surface area contributed by atoms with Crippen molar-refractivity contribution in [3.63, 3.8) is 0 Å². The zero-order valence-electron chi connectivity index (χ0n) is 12.7. The standard InChI is InChI=1S/C17H22N2O2/c1-12-7-3-5-9-15(12)19(2)17(20)11-14-13-8-4-6-10-16(13)21-18-14/h4,6,8,10,12,15H,3,5,7,9,11H2,1-2H3. The summed E-state index contributed by atoms with van der Waals surface area (Å²) in [4.78, 5) is 14.5. The van der Waals surface area contributed by atoms with Gasteiger partial charge in [0.2, 0.25) is 5.91 Å². The summed E-state index contributed by atoms with van der Waals surface area (Å²) in [7, 11) is 1.93. The molecule has 21 heavy (non-hydrogen) atoms. The molecule has 3 rings (SSSR count). The Hall–Kier alpha value is -1.84. The summed E-state index contributed by atoms with van der Waals surface area (Å²) in [6.07, 6.45) is 5.15. The molecule has 1 heterocycles. The average molecular weight is 286 g/mol. The van der Waals surface area contributed by atoms with Crippen LogP contribution < -0.4 is 0 Å². The summed E-state index contributed by atoms with van der Waals surface area (Å²) >= 11 is 0. The number of benzene rings is 1. The van der Waals surface area contributed by atoms with Crippen LogP contribution in [0.5, 0.6) is 0 Å². The van der Waals surface area contributed by atoms with Gasteiger partial charge in [-0.25, -0.2) is 0 Å². The number of hydrogen-bond acceptors (Lipinski definition) is 3. The van der Waals surface area contributed by atoms with Crippen LogP contribution in [0.4, 0.5) is 0 Å². The summed E-state index contributed by atoms with van der Waals surface area (Å²) in [5.74, 6) is 0.717. The Balaban J connectivity index is 1.73. The Kier molecular flexibility index (Phi) is 3.95. The molecule has 1 amide bonds. The van der Waals surface area contributed by atoms with Gasteiger partial charge in [0, 0.05) is 18.5 Å². The molecule has 2 unspecified atom stereocenters. The van der Waals surface area contributed by atoms with Crippen molar-refractivity contribution in [2.75, 3.05) is 7.05 Å². The lowest BCUT2D eigenvalue weighted by Gasteiger charge is -2.36. The molecule has 1 aliphatic carbocycles. The van der Waals surface area contributed by atoms with Gasteiger partial charge >= 0.3 is 0 Å². The summed E-state index contributed by atoms with van der Waals surface area (Å²) in [5, 5.41) is 5.00. The van der Waals surface area contributed by atoms with E-state index in [9.17, 15) is 4.79 Å². The smallest absolute Gasteiger partial charge is 0.228 e. The molecular weight excluding hydrogens is 264 g/mol. The SMILES string of the molecule is CC1CCCCC1N(C)C(=O)Cc1noc2ccccc12. The monoisotopic (exact) mass is 286 g/mol. The lowest BCUT2D eigenvalue weighted by atomic mass is 9.85. The first-order valence-corrected chi connectivity index (χ1v) is 7.76. The molecule has 1 aliphatic rings. The van der Waals surface area contributed by atoms with Crippen molar-refractivity contribution in [1.29, 1.82) is 0 Å². The third kappa shape index (κ3) is 2.80. The molecule has 4 nitrogen and oxygen atoms in total. The van der Waals surface area contributed by atoms with Crippen molar-refractivity contribution >= 4 is 16.9 Å². The molecule has 0 bridgehead atoms. The van der Waals surface area contributed by atoms with Gasteiger partial charge in [-0.05, 0) is 30.9 Å². The molecule has 0 radical (unpaired) electrons. The van der Waals surface area contributed by atoms with E-state index in [0.29, 0.717) is 18.4 Å². The predicted molar refractivity (Wildman–Crippen MR) is 81.9 cm³/mol. The maximum absolute atomic E-state index is 12.5. The molecule has 0 N–H and O–H groups in total. The quantitative estimate of drug-likeness (QED) is 0.868. The predicted octanol–water partition coefficient (Wildman–Crippen LogP) is 3.41. The second-order valence-electron chi connectivity index (χ2n) is 6.14. The number of carbonyl (C=O) groups excluding carboxylic acids is 1. The van der Waals surface area contributed by atoms with Gasteiger partial charge in [-0.1, -0.05) is 37.1 Å². The van der Waals surface area contributed by atoms with E-state index in [1.54, 1.807) is 0 Å². The summed E-state index contributed by atoms with van der Waals surface area (Å²) < 4.78 is 5.28. The third-order valence-electron chi connectivity index (χ3n) is 4.73. The zero-order chi connectivity index (χ0) is 14.8. The number of hydrogen-bond donors (Lipinski definition) is 0. The number of para-hydroxylation sites is 1. The third-order valence-corrected chi connectivity index (χ3v) is 4.73. The number of likely N-dealkylation sites (N-methyl/N-ethyl adjacent to an activating group) is 1. The van der Waals surface area contributed by atoms with Crippen LogP contribution in [0.15, 0.2) is 28.8 Å². The minimum absolute atomic E-state index is 0.132. The Labute approximate surface area is 125 Å². The van der Waals surface area contributed by atoms with Crippen LogP contribution in [-0.4, -0.2) is 29.1 Å².